The zero-order valence-corrected chi connectivity index (χ0v) is 14.7. The summed E-state index contributed by atoms with van der Waals surface area (Å²) in [6.45, 7) is 0.0820. The van der Waals surface area contributed by atoms with Gasteiger partial charge in [-0.2, -0.15) is 4.98 Å². The van der Waals surface area contributed by atoms with Crippen LogP contribution in [0.5, 0.6) is 0 Å². The van der Waals surface area contributed by atoms with Crippen molar-refractivity contribution in [1.29, 1.82) is 0 Å². The molecule has 26 heavy (non-hydrogen) atoms. The molecule has 9 heteroatoms. The maximum atomic E-state index is 13.2. The Morgan fingerprint density at radius 3 is 2.65 bits per heavy atom. The molecule has 1 heterocycles. The minimum Gasteiger partial charge on any atom is -0.346 e. The molecule has 3 rings (SSSR count). The first-order valence-electron chi connectivity index (χ1n) is 8.27. The number of carbonyl (C=O) groups is 1. The van der Waals surface area contributed by atoms with E-state index in [4.69, 9.17) is 4.52 Å². The number of hydrogen-bond acceptors (Lipinski definition) is 5. The van der Waals surface area contributed by atoms with Crippen molar-refractivity contribution in [3.63, 3.8) is 0 Å². The van der Waals surface area contributed by atoms with Gasteiger partial charge in [0.05, 0.1) is 12.3 Å². The van der Waals surface area contributed by atoms with Crippen molar-refractivity contribution in [2.45, 2.75) is 49.0 Å². The fraction of sp³-hybridized carbons (Fsp3) is 0.471. The fourth-order valence-electron chi connectivity index (χ4n) is 2.71. The zero-order valence-electron chi connectivity index (χ0n) is 13.9. The quantitative estimate of drug-likeness (QED) is 0.764. The normalized spacial score (nSPS) is 17.2. The van der Waals surface area contributed by atoms with Gasteiger partial charge >= 0.3 is 0 Å². The van der Waals surface area contributed by atoms with E-state index >= 15 is 0 Å². The van der Waals surface area contributed by atoms with Crippen LogP contribution in [0.2, 0.25) is 0 Å². The highest BCUT2D eigenvalue weighted by Gasteiger charge is 2.36. The Morgan fingerprint density at radius 1 is 1.27 bits per heavy atom. The lowest BCUT2D eigenvalue weighted by Gasteiger charge is -2.26. The van der Waals surface area contributed by atoms with Crippen molar-refractivity contribution < 1.29 is 22.5 Å². The summed E-state index contributed by atoms with van der Waals surface area (Å²) in [7, 11) is 0. The van der Waals surface area contributed by atoms with Gasteiger partial charge < -0.3 is 9.84 Å². The number of halogens is 3. The number of amides is 1. The molecule has 0 bridgehead atoms. The molecule has 1 aromatic carbocycles. The standard InChI is InChI=1S/C17H18F3N3O2S/c18-12-1-3-13(4-2-12)26-10-14(24)21-9-15-22-16(23-25-15)11-5-7-17(19,20)8-6-11/h1-4,11H,5-10H2,(H,21,24). The molecule has 1 aliphatic rings. The maximum Gasteiger partial charge on any atom is 0.248 e. The summed E-state index contributed by atoms with van der Waals surface area (Å²) >= 11 is 1.28. The van der Waals surface area contributed by atoms with Crippen LogP contribution < -0.4 is 5.32 Å². The van der Waals surface area contributed by atoms with Gasteiger partial charge in [-0.3, -0.25) is 4.79 Å². The van der Waals surface area contributed by atoms with Gasteiger partial charge in [0, 0.05) is 23.7 Å². The Morgan fingerprint density at radius 2 is 1.96 bits per heavy atom. The number of alkyl halides is 2. The number of nitrogens with zero attached hydrogens (tertiary/aromatic N) is 2. The third kappa shape index (κ3) is 5.23. The van der Waals surface area contributed by atoms with Crippen molar-refractivity contribution in [2.24, 2.45) is 0 Å². The summed E-state index contributed by atoms with van der Waals surface area (Å²) < 4.78 is 44.3. The van der Waals surface area contributed by atoms with Crippen LogP contribution in [-0.4, -0.2) is 27.7 Å². The Kier molecular flexibility index (Phi) is 5.85. The molecule has 1 amide bonds. The van der Waals surface area contributed by atoms with Crippen LogP contribution in [0.15, 0.2) is 33.7 Å². The lowest BCUT2D eigenvalue weighted by molar-refractivity contribution is -0.118. The van der Waals surface area contributed by atoms with E-state index < -0.39 is 5.92 Å². The van der Waals surface area contributed by atoms with Crippen LogP contribution in [0, 0.1) is 5.82 Å². The summed E-state index contributed by atoms with van der Waals surface area (Å²) in [5.41, 5.74) is 0. The van der Waals surface area contributed by atoms with Crippen molar-refractivity contribution >= 4 is 17.7 Å². The Bertz CT molecular complexity index is 742. The first-order chi connectivity index (χ1) is 12.4. The second-order valence-corrected chi connectivity index (χ2v) is 7.24. The summed E-state index contributed by atoms with van der Waals surface area (Å²) in [6, 6.07) is 5.87. The van der Waals surface area contributed by atoms with Gasteiger partial charge in [-0.25, -0.2) is 13.2 Å². The molecule has 0 unspecified atom stereocenters. The second-order valence-electron chi connectivity index (χ2n) is 6.20. The molecule has 1 N–H and O–H groups in total. The fourth-order valence-corrected chi connectivity index (χ4v) is 3.44. The number of aromatic nitrogens is 2. The summed E-state index contributed by atoms with van der Waals surface area (Å²) in [4.78, 5) is 16.8. The van der Waals surface area contributed by atoms with Gasteiger partial charge in [0.15, 0.2) is 5.82 Å². The molecule has 140 valence electrons. The van der Waals surface area contributed by atoms with Crippen LogP contribution in [0.3, 0.4) is 0 Å². The molecule has 1 aliphatic carbocycles. The van der Waals surface area contributed by atoms with E-state index in [0.717, 1.165) is 4.90 Å². The van der Waals surface area contributed by atoms with Crippen molar-refractivity contribution in [1.82, 2.24) is 15.5 Å². The molecule has 1 saturated carbocycles. The number of thioether (sulfide) groups is 1. The van der Waals surface area contributed by atoms with Gasteiger partial charge in [-0.05, 0) is 37.1 Å². The van der Waals surface area contributed by atoms with Crippen LogP contribution in [-0.2, 0) is 11.3 Å². The monoisotopic (exact) mass is 385 g/mol. The molecule has 5 nitrogen and oxygen atoms in total. The minimum atomic E-state index is -2.60. The van der Waals surface area contributed by atoms with Crippen molar-refractivity contribution in [3.8, 4) is 0 Å². The zero-order chi connectivity index (χ0) is 18.6. The van der Waals surface area contributed by atoms with Gasteiger partial charge in [-0.1, -0.05) is 5.16 Å². The van der Waals surface area contributed by atoms with E-state index in [1.165, 1.54) is 23.9 Å². The molecule has 0 radical (unpaired) electrons. The van der Waals surface area contributed by atoms with Crippen LogP contribution >= 0.6 is 11.8 Å². The number of hydrogen-bond donors (Lipinski definition) is 1. The van der Waals surface area contributed by atoms with Crippen LogP contribution in [0.4, 0.5) is 13.2 Å². The molecule has 0 atom stereocenters. The van der Waals surface area contributed by atoms with E-state index in [-0.39, 0.29) is 48.7 Å². The molecule has 0 saturated heterocycles. The van der Waals surface area contributed by atoms with Gasteiger partial charge in [0.2, 0.25) is 17.7 Å². The predicted molar refractivity (Wildman–Crippen MR) is 89.4 cm³/mol. The predicted octanol–water partition coefficient (Wildman–Crippen LogP) is 3.91. The molecular weight excluding hydrogens is 367 g/mol. The third-order valence-corrected chi connectivity index (χ3v) is 5.20. The highest BCUT2D eigenvalue weighted by Crippen LogP contribution is 2.39. The van der Waals surface area contributed by atoms with E-state index in [1.54, 1.807) is 12.1 Å². The van der Waals surface area contributed by atoms with Gasteiger partial charge in [0.25, 0.3) is 0 Å². The molecule has 0 spiro atoms. The average molecular weight is 385 g/mol. The van der Waals surface area contributed by atoms with E-state index in [2.05, 4.69) is 15.5 Å². The summed E-state index contributed by atoms with van der Waals surface area (Å²) in [6.07, 6.45) is 0.317. The highest BCUT2D eigenvalue weighted by atomic mass is 32.2. The van der Waals surface area contributed by atoms with Crippen molar-refractivity contribution in [2.75, 3.05) is 5.75 Å². The molecule has 1 fully saturated rings. The first-order valence-corrected chi connectivity index (χ1v) is 9.25. The van der Waals surface area contributed by atoms with Gasteiger partial charge in [0.1, 0.15) is 5.82 Å². The van der Waals surface area contributed by atoms with Crippen molar-refractivity contribution in [3.05, 3.63) is 41.8 Å². The lowest BCUT2D eigenvalue weighted by Crippen LogP contribution is -2.25. The lowest BCUT2D eigenvalue weighted by atomic mass is 9.86. The Labute approximate surface area is 152 Å². The smallest absolute Gasteiger partial charge is 0.248 e. The maximum absolute atomic E-state index is 13.2. The highest BCUT2D eigenvalue weighted by molar-refractivity contribution is 8.00. The molecule has 2 aromatic rings. The number of nitrogens with one attached hydrogen (secondary N) is 1. The Hall–Kier alpha value is -2.03. The first kappa shape index (κ1) is 18.8. The second kappa shape index (κ2) is 8.11. The van der Waals surface area contributed by atoms with E-state index in [1.807, 2.05) is 0 Å². The largest absolute Gasteiger partial charge is 0.346 e. The molecular formula is C17H18F3N3O2S. The van der Waals surface area contributed by atoms with E-state index in [9.17, 15) is 18.0 Å². The van der Waals surface area contributed by atoms with E-state index in [0.29, 0.717) is 18.7 Å². The number of rotatable bonds is 6. The SMILES string of the molecule is O=C(CSc1ccc(F)cc1)NCc1nc(C2CCC(F)(F)CC2)no1. The summed E-state index contributed by atoms with van der Waals surface area (Å²) in [5, 5.41) is 6.50. The topological polar surface area (TPSA) is 68.0 Å². The number of benzene rings is 1. The summed E-state index contributed by atoms with van der Waals surface area (Å²) in [5.74, 6) is -2.44. The molecule has 1 aromatic heterocycles. The van der Waals surface area contributed by atoms with Crippen LogP contribution in [0.1, 0.15) is 43.3 Å². The molecule has 0 aliphatic heterocycles. The number of carbonyl (C=O) groups excluding carboxylic acids is 1. The average Bonchev–Trinajstić information content (AvgIpc) is 3.08. The van der Waals surface area contributed by atoms with Crippen LogP contribution in [0.25, 0.3) is 0 Å². The third-order valence-electron chi connectivity index (χ3n) is 4.19. The Balaban J connectivity index is 1.43. The minimum absolute atomic E-state index is 0.0820. The van der Waals surface area contributed by atoms with Gasteiger partial charge in [-0.15, -0.1) is 11.8 Å².